The van der Waals surface area contributed by atoms with E-state index in [1.54, 1.807) is 12.5 Å². The zero-order valence-corrected chi connectivity index (χ0v) is 27.1. The summed E-state index contributed by atoms with van der Waals surface area (Å²) >= 11 is 0. The molecule has 2 amide bonds. The number of aromatic nitrogens is 3. The molecule has 0 spiro atoms. The molecule has 3 aliphatic heterocycles. The fourth-order valence-corrected chi connectivity index (χ4v) is 7.55. The second-order valence-electron chi connectivity index (χ2n) is 13.3. The van der Waals surface area contributed by atoms with E-state index in [0.717, 1.165) is 80.7 Å². The third-order valence-corrected chi connectivity index (χ3v) is 10.2. The number of rotatable bonds is 8. The largest absolute Gasteiger partial charge is 0.369 e. The van der Waals surface area contributed by atoms with E-state index in [4.69, 9.17) is 4.98 Å². The van der Waals surface area contributed by atoms with Gasteiger partial charge in [0.1, 0.15) is 5.82 Å². The minimum Gasteiger partial charge on any atom is -0.369 e. The molecule has 46 heavy (non-hydrogen) atoms. The number of hydrogen-bond donors (Lipinski definition) is 2. The van der Waals surface area contributed by atoms with Crippen LogP contribution in [0.1, 0.15) is 57.5 Å². The molecule has 3 fully saturated rings. The molecule has 240 valence electrons. The maximum atomic E-state index is 13.3. The lowest BCUT2D eigenvalue weighted by atomic mass is 9.96. The van der Waals surface area contributed by atoms with Gasteiger partial charge < -0.3 is 29.9 Å². The molecule has 2 aromatic heterocycles. The van der Waals surface area contributed by atoms with Crippen LogP contribution < -0.4 is 20.4 Å². The Kier molecular flexibility index (Phi) is 8.38. The van der Waals surface area contributed by atoms with E-state index in [1.165, 1.54) is 11.3 Å². The number of nitrogens with one attached hydrogen (secondary N) is 2. The Labute approximate surface area is 270 Å². The predicted octanol–water partition coefficient (Wildman–Crippen LogP) is 3.93. The number of carbonyl (C=O) groups is 2. The Morgan fingerprint density at radius 2 is 1.61 bits per heavy atom. The van der Waals surface area contributed by atoms with Crippen molar-refractivity contribution in [1.29, 1.82) is 0 Å². The lowest BCUT2D eigenvalue weighted by Gasteiger charge is -2.40. The minimum absolute atomic E-state index is 0.0286. The third-order valence-electron chi connectivity index (χ3n) is 10.2. The van der Waals surface area contributed by atoms with Crippen molar-refractivity contribution in [2.45, 2.75) is 57.2 Å². The maximum absolute atomic E-state index is 13.3. The van der Waals surface area contributed by atoms with Gasteiger partial charge in [-0.3, -0.25) is 9.59 Å². The molecule has 7 rings (SSSR count). The van der Waals surface area contributed by atoms with Gasteiger partial charge in [-0.1, -0.05) is 12.1 Å². The molecule has 2 bridgehead atoms. The number of hydrogen-bond acceptors (Lipinski definition) is 7. The first-order valence-electron chi connectivity index (χ1n) is 16.6. The van der Waals surface area contributed by atoms with Crippen molar-refractivity contribution in [1.82, 2.24) is 30.1 Å². The van der Waals surface area contributed by atoms with Crippen LogP contribution in [0.15, 0.2) is 61.1 Å². The van der Waals surface area contributed by atoms with E-state index < -0.39 is 0 Å². The van der Waals surface area contributed by atoms with Crippen molar-refractivity contribution in [2.24, 2.45) is 7.05 Å². The van der Waals surface area contributed by atoms with Gasteiger partial charge in [0.2, 0.25) is 0 Å². The number of benzene rings is 2. The molecule has 3 aliphatic rings. The molecule has 10 heteroatoms. The zero-order valence-electron chi connectivity index (χ0n) is 27.1. The smallest absolute Gasteiger partial charge is 0.252 e. The van der Waals surface area contributed by atoms with Crippen molar-refractivity contribution in [3.63, 3.8) is 0 Å². The second-order valence-corrected chi connectivity index (χ2v) is 13.3. The van der Waals surface area contributed by atoms with Crippen LogP contribution in [0.5, 0.6) is 0 Å². The summed E-state index contributed by atoms with van der Waals surface area (Å²) in [6.45, 7) is 6.85. The summed E-state index contributed by atoms with van der Waals surface area (Å²) in [7, 11) is 4.13. The second kappa shape index (κ2) is 12.7. The molecule has 0 radical (unpaired) electrons. The summed E-state index contributed by atoms with van der Waals surface area (Å²) < 4.78 is 1.97. The molecule has 2 unspecified atom stereocenters. The van der Waals surface area contributed by atoms with E-state index in [1.807, 2.05) is 42.8 Å². The van der Waals surface area contributed by atoms with E-state index in [9.17, 15) is 9.59 Å². The Morgan fingerprint density at radius 3 is 2.30 bits per heavy atom. The van der Waals surface area contributed by atoms with E-state index in [-0.39, 0.29) is 17.9 Å². The molecule has 0 aliphatic carbocycles. The van der Waals surface area contributed by atoms with Gasteiger partial charge in [0.15, 0.2) is 0 Å². The molecular weight excluding hydrogens is 576 g/mol. The van der Waals surface area contributed by atoms with Crippen molar-refractivity contribution in [3.8, 4) is 0 Å². The molecule has 0 saturated carbocycles. The number of amides is 2. The van der Waals surface area contributed by atoms with Crippen LogP contribution in [0.2, 0.25) is 0 Å². The molecule has 2 N–H and O–H groups in total. The fourth-order valence-electron chi connectivity index (χ4n) is 7.55. The fraction of sp³-hybridized carbons (Fsp3) is 0.444. The predicted molar refractivity (Wildman–Crippen MR) is 182 cm³/mol. The number of nitrogens with zero attached hydrogens (tertiary/aromatic N) is 6. The Morgan fingerprint density at radius 1 is 0.870 bits per heavy atom. The highest BCUT2D eigenvalue weighted by molar-refractivity contribution is 6.00. The lowest BCUT2D eigenvalue weighted by Crippen LogP contribution is -2.50. The Balaban J connectivity index is 0.903. The summed E-state index contributed by atoms with van der Waals surface area (Å²) in [6.07, 6.45) is 8.19. The maximum Gasteiger partial charge on any atom is 0.252 e. The van der Waals surface area contributed by atoms with E-state index in [0.29, 0.717) is 29.8 Å². The average Bonchev–Trinajstić information content (AvgIpc) is 3.58. The van der Waals surface area contributed by atoms with E-state index in [2.05, 4.69) is 61.6 Å². The minimum atomic E-state index is -0.100. The Bertz CT molecular complexity index is 1690. The number of piperazine rings is 1. The van der Waals surface area contributed by atoms with Crippen molar-refractivity contribution < 1.29 is 9.59 Å². The van der Waals surface area contributed by atoms with Crippen LogP contribution in [0, 0.1) is 6.92 Å². The Hall–Kier alpha value is -4.44. The van der Waals surface area contributed by atoms with Crippen molar-refractivity contribution >= 4 is 34.4 Å². The number of carbonyl (C=O) groups excluding carboxylic acids is 2. The lowest BCUT2D eigenvalue weighted by molar-refractivity contribution is 0.0924. The highest BCUT2D eigenvalue weighted by atomic mass is 16.2. The first-order chi connectivity index (χ1) is 22.3. The molecule has 10 nitrogen and oxygen atoms in total. The number of likely N-dealkylation sites (N-methyl/N-ethyl adjacent to an activating group) is 1. The molecule has 2 aromatic carbocycles. The molecule has 4 aromatic rings. The summed E-state index contributed by atoms with van der Waals surface area (Å²) in [6, 6.07) is 17.2. The van der Waals surface area contributed by atoms with Gasteiger partial charge >= 0.3 is 0 Å². The van der Waals surface area contributed by atoms with Crippen LogP contribution in [0.3, 0.4) is 0 Å². The first kappa shape index (κ1) is 30.2. The van der Waals surface area contributed by atoms with Gasteiger partial charge in [-0.2, -0.15) is 0 Å². The van der Waals surface area contributed by atoms with Crippen LogP contribution in [-0.4, -0.2) is 89.1 Å². The number of fused-ring (bicyclic) bond motifs is 3. The van der Waals surface area contributed by atoms with Gasteiger partial charge in [0.25, 0.3) is 11.8 Å². The van der Waals surface area contributed by atoms with Gasteiger partial charge in [-0.15, -0.1) is 0 Å². The first-order valence-corrected chi connectivity index (χ1v) is 16.6. The molecule has 3 saturated heterocycles. The summed E-state index contributed by atoms with van der Waals surface area (Å²) in [4.78, 5) is 42.6. The van der Waals surface area contributed by atoms with Gasteiger partial charge in [0, 0.05) is 75.3 Å². The van der Waals surface area contributed by atoms with Gasteiger partial charge in [0.05, 0.1) is 22.9 Å². The van der Waals surface area contributed by atoms with Crippen molar-refractivity contribution in [2.75, 3.05) is 49.6 Å². The van der Waals surface area contributed by atoms with Crippen LogP contribution in [0.4, 0.5) is 11.5 Å². The number of piperidine rings is 1. The quantitative estimate of drug-likeness (QED) is 0.308. The van der Waals surface area contributed by atoms with Gasteiger partial charge in [-0.25, -0.2) is 9.97 Å². The number of imidazole rings is 1. The number of aryl methyl sites for hydroxylation is 2. The number of anilines is 2. The van der Waals surface area contributed by atoms with Crippen LogP contribution in [-0.2, 0) is 13.5 Å². The van der Waals surface area contributed by atoms with Crippen LogP contribution in [0.25, 0.3) is 11.0 Å². The molecule has 2 atom stereocenters. The monoisotopic (exact) mass is 620 g/mol. The zero-order chi connectivity index (χ0) is 31.8. The summed E-state index contributed by atoms with van der Waals surface area (Å²) in [5, 5.41) is 6.38. The molecular formula is C36H44N8O2. The van der Waals surface area contributed by atoms with E-state index >= 15 is 0 Å². The SMILES string of the molecule is Cc1c(C(=O)NC2CC3CCC(C2)N3c2ccc(C(=O)NCCc3ccc(N4CCN(C)CC4)cc3)cn2)ccc2c1ncn2C. The molecule has 5 heterocycles. The topological polar surface area (TPSA) is 98.6 Å². The number of pyridine rings is 1. The normalized spacial score (nSPS) is 21.5. The summed E-state index contributed by atoms with van der Waals surface area (Å²) in [5.74, 6) is 0.779. The highest BCUT2D eigenvalue weighted by Crippen LogP contribution is 2.38. The van der Waals surface area contributed by atoms with Gasteiger partial charge in [-0.05, 0) is 93.6 Å². The highest BCUT2D eigenvalue weighted by Gasteiger charge is 2.42. The average molecular weight is 621 g/mol. The standard InChI is InChI=1S/C36H44N8O2/c1-24-31(11-12-32-34(24)39-23-42(32)3)36(46)40-27-20-29-9-10-30(21-27)44(29)33-13-6-26(22-38-33)35(45)37-15-14-25-4-7-28(8-5-25)43-18-16-41(2)17-19-43/h4-8,11-13,22-23,27,29-30H,9-10,14-21H2,1-3H3,(H,37,45)(H,40,46). The summed E-state index contributed by atoms with van der Waals surface area (Å²) in [5.41, 5.74) is 6.56. The van der Waals surface area contributed by atoms with Crippen molar-refractivity contribution in [3.05, 3.63) is 83.3 Å². The van der Waals surface area contributed by atoms with Crippen LogP contribution >= 0.6 is 0 Å². The third kappa shape index (κ3) is 6.06.